The number of hydrogen-bond donors (Lipinski definition) is 2. The van der Waals surface area contributed by atoms with Crippen LogP contribution in [0.1, 0.15) is 38.8 Å². The van der Waals surface area contributed by atoms with Crippen LogP contribution >= 0.6 is 0 Å². The van der Waals surface area contributed by atoms with Crippen molar-refractivity contribution < 1.29 is 9.59 Å². The summed E-state index contributed by atoms with van der Waals surface area (Å²) in [7, 11) is 3.98. The third-order valence-electron chi connectivity index (χ3n) is 3.85. The van der Waals surface area contributed by atoms with Gasteiger partial charge in [0.25, 0.3) is 0 Å². The number of rotatable bonds is 8. The summed E-state index contributed by atoms with van der Waals surface area (Å²) in [5.74, 6) is -0.506. The molecule has 0 saturated heterocycles. The van der Waals surface area contributed by atoms with Gasteiger partial charge in [-0.1, -0.05) is 30.3 Å². The Morgan fingerprint density at radius 2 is 1.74 bits per heavy atom. The molecule has 0 aliphatic heterocycles. The molecule has 5 heteroatoms. The highest BCUT2D eigenvalue weighted by Gasteiger charge is 2.36. The highest BCUT2D eigenvalue weighted by Crippen LogP contribution is 2.19. The predicted octanol–water partition coefficient (Wildman–Crippen LogP) is 1.96. The second-order valence-electron chi connectivity index (χ2n) is 6.64. The van der Waals surface area contributed by atoms with Crippen molar-refractivity contribution in [1.82, 2.24) is 15.5 Å². The first-order chi connectivity index (χ1) is 10.7. The largest absolute Gasteiger partial charge is 0.355 e. The van der Waals surface area contributed by atoms with Gasteiger partial charge in [-0.3, -0.25) is 9.59 Å². The van der Waals surface area contributed by atoms with Crippen molar-refractivity contribution in [2.75, 3.05) is 27.2 Å². The molecule has 1 aromatic carbocycles. The smallest absolute Gasteiger partial charge is 0.235 e. The SMILES string of the molecule is CC(NC(=O)C(C)(C)C(=O)NCCCN(C)C)c1ccccc1. The van der Waals surface area contributed by atoms with E-state index in [4.69, 9.17) is 0 Å². The third-order valence-corrected chi connectivity index (χ3v) is 3.85. The van der Waals surface area contributed by atoms with Crippen molar-refractivity contribution in [3.8, 4) is 0 Å². The number of carbonyl (C=O) groups excluding carboxylic acids is 2. The van der Waals surface area contributed by atoms with Gasteiger partial charge in [0.1, 0.15) is 5.41 Å². The number of carbonyl (C=O) groups is 2. The molecular weight excluding hydrogens is 290 g/mol. The fraction of sp³-hybridized carbons (Fsp3) is 0.556. The zero-order valence-corrected chi connectivity index (χ0v) is 14.8. The van der Waals surface area contributed by atoms with Crippen LogP contribution in [0.4, 0.5) is 0 Å². The summed E-state index contributed by atoms with van der Waals surface area (Å²) in [6.07, 6.45) is 0.858. The van der Waals surface area contributed by atoms with Gasteiger partial charge in [-0.15, -0.1) is 0 Å². The molecule has 1 rings (SSSR count). The number of nitrogens with zero attached hydrogens (tertiary/aromatic N) is 1. The first-order valence-electron chi connectivity index (χ1n) is 8.04. The lowest BCUT2D eigenvalue weighted by Gasteiger charge is -2.25. The van der Waals surface area contributed by atoms with Gasteiger partial charge in [0.05, 0.1) is 6.04 Å². The maximum Gasteiger partial charge on any atom is 0.235 e. The van der Waals surface area contributed by atoms with Crippen LogP contribution < -0.4 is 10.6 Å². The molecule has 0 aliphatic rings. The minimum Gasteiger partial charge on any atom is -0.355 e. The van der Waals surface area contributed by atoms with E-state index in [0.717, 1.165) is 18.5 Å². The molecule has 0 saturated carbocycles. The van der Waals surface area contributed by atoms with Crippen LogP contribution in [0.15, 0.2) is 30.3 Å². The summed E-state index contributed by atoms with van der Waals surface area (Å²) < 4.78 is 0. The van der Waals surface area contributed by atoms with Crippen molar-refractivity contribution in [3.05, 3.63) is 35.9 Å². The predicted molar refractivity (Wildman–Crippen MR) is 93.0 cm³/mol. The molecule has 2 amide bonds. The molecule has 1 atom stereocenters. The molecule has 0 aromatic heterocycles. The minimum atomic E-state index is -1.10. The van der Waals surface area contributed by atoms with Crippen LogP contribution in [-0.4, -0.2) is 43.9 Å². The van der Waals surface area contributed by atoms with E-state index in [9.17, 15) is 9.59 Å². The molecule has 0 fully saturated rings. The number of hydrogen-bond acceptors (Lipinski definition) is 3. The van der Waals surface area contributed by atoms with E-state index < -0.39 is 5.41 Å². The van der Waals surface area contributed by atoms with Gasteiger partial charge >= 0.3 is 0 Å². The lowest BCUT2D eigenvalue weighted by molar-refractivity contribution is -0.141. The summed E-state index contributed by atoms with van der Waals surface area (Å²) >= 11 is 0. The molecule has 0 heterocycles. The number of nitrogens with one attached hydrogen (secondary N) is 2. The van der Waals surface area contributed by atoms with Crippen LogP contribution in [0.5, 0.6) is 0 Å². The second-order valence-corrected chi connectivity index (χ2v) is 6.64. The molecule has 0 bridgehead atoms. The van der Waals surface area contributed by atoms with Crippen molar-refractivity contribution in [1.29, 1.82) is 0 Å². The molecule has 23 heavy (non-hydrogen) atoms. The monoisotopic (exact) mass is 319 g/mol. The summed E-state index contributed by atoms with van der Waals surface area (Å²) in [5.41, 5.74) is -0.0794. The summed E-state index contributed by atoms with van der Waals surface area (Å²) in [5, 5.41) is 5.76. The Morgan fingerprint density at radius 3 is 2.30 bits per heavy atom. The topological polar surface area (TPSA) is 61.4 Å². The fourth-order valence-electron chi connectivity index (χ4n) is 2.12. The highest BCUT2D eigenvalue weighted by atomic mass is 16.2. The Morgan fingerprint density at radius 1 is 1.13 bits per heavy atom. The normalized spacial score (nSPS) is 12.8. The van der Waals surface area contributed by atoms with Gasteiger partial charge in [0.15, 0.2) is 0 Å². The van der Waals surface area contributed by atoms with Crippen LogP contribution in [0.3, 0.4) is 0 Å². The molecule has 1 aromatic rings. The first-order valence-corrected chi connectivity index (χ1v) is 8.04. The third kappa shape index (κ3) is 6.02. The quantitative estimate of drug-likeness (QED) is 0.569. The first kappa shape index (κ1) is 19.2. The molecule has 0 radical (unpaired) electrons. The van der Waals surface area contributed by atoms with E-state index >= 15 is 0 Å². The van der Waals surface area contributed by atoms with Crippen LogP contribution in [0.2, 0.25) is 0 Å². The zero-order valence-electron chi connectivity index (χ0n) is 14.8. The van der Waals surface area contributed by atoms with Crippen LogP contribution in [0, 0.1) is 5.41 Å². The Kier molecular flexibility index (Phi) is 7.23. The van der Waals surface area contributed by atoms with E-state index in [-0.39, 0.29) is 17.9 Å². The van der Waals surface area contributed by atoms with E-state index in [2.05, 4.69) is 15.5 Å². The van der Waals surface area contributed by atoms with Crippen molar-refractivity contribution >= 4 is 11.8 Å². The van der Waals surface area contributed by atoms with Gasteiger partial charge in [-0.05, 0) is 53.4 Å². The van der Waals surface area contributed by atoms with Gasteiger partial charge in [-0.25, -0.2) is 0 Å². The zero-order chi connectivity index (χ0) is 17.5. The lowest BCUT2D eigenvalue weighted by Crippen LogP contribution is -2.48. The average Bonchev–Trinajstić information content (AvgIpc) is 2.51. The van der Waals surface area contributed by atoms with Gasteiger partial charge in [-0.2, -0.15) is 0 Å². The molecular formula is C18H29N3O2. The van der Waals surface area contributed by atoms with Gasteiger partial charge in [0.2, 0.25) is 11.8 Å². The molecule has 1 unspecified atom stereocenters. The average molecular weight is 319 g/mol. The maximum atomic E-state index is 12.5. The molecule has 0 aliphatic carbocycles. The second kappa shape index (κ2) is 8.67. The standard InChI is InChI=1S/C18H29N3O2/c1-14(15-10-7-6-8-11-15)20-17(23)18(2,3)16(22)19-12-9-13-21(4)5/h6-8,10-11,14H,9,12-13H2,1-5H3,(H,19,22)(H,20,23). The van der Waals surface area contributed by atoms with Gasteiger partial charge in [0, 0.05) is 6.54 Å². The molecule has 5 nitrogen and oxygen atoms in total. The Labute approximate surface area is 139 Å². The van der Waals surface area contributed by atoms with Crippen molar-refractivity contribution in [2.45, 2.75) is 33.2 Å². The Hall–Kier alpha value is -1.88. The Balaban J connectivity index is 2.53. The summed E-state index contributed by atoms with van der Waals surface area (Å²) in [4.78, 5) is 26.8. The molecule has 2 N–H and O–H groups in total. The minimum absolute atomic E-state index is 0.135. The van der Waals surface area contributed by atoms with E-state index in [1.807, 2.05) is 51.4 Å². The Bertz CT molecular complexity index is 512. The lowest BCUT2D eigenvalue weighted by atomic mass is 9.90. The molecule has 0 spiro atoms. The number of benzene rings is 1. The van der Waals surface area contributed by atoms with Crippen LogP contribution in [0.25, 0.3) is 0 Å². The van der Waals surface area contributed by atoms with E-state index in [0.29, 0.717) is 6.54 Å². The number of amides is 2. The van der Waals surface area contributed by atoms with E-state index in [1.165, 1.54) is 0 Å². The van der Waals surface area contributed by atoms with Crippen molar-refractivity contribution in [3.63, 3.8) is 0 Å². The maximum absolute atomic E-state index is 12.5. The molecule has 128 valence electrons. The highest BCUT2D eigenvalue weighted by molar-refractivity contribution is 6.04. The van der Waals surface area contributed by atoms with E-state index in [1.54, 1.807) is 13.8 Å². The fourth-order valence-corrected chi connectivity index (χ4v) is 2.12. The van der Waals surface area contributed by atoms with Crippen LogP contribution in [-0.2, 0) is 9.59 Å². The summed E-state index contributed by atoms with van der Waals surface area (Å²) in [6.45, 7) is 6.70. The van der Waals surface area contributed by atoms with Gasteiger partial charge < -0.3 is 15.5 Å². The summed E-state index contributed by atoms with van der Waals surface area (Å²) in [6, 6.07) is 9.58. The van der Waals surface area contributed by atoms with Crippen molar-refractivity contribution in [2.24, 2.45) is 5.41 Å².